The fraction of sp³-hybridized carbons (Fsp3) is 0.238. The van der Waals surface area contributed by atoms with E-state index in [9.17, 15) is 4.79 Å². The Kier molecular flexibility index (Phi) is 7.42. The van der Waals surface area contributed by atoms with Gasteiger partial charge in [-0.2, -0.15) is 5.10 Å². The Bertz CT molecular complexity index is 987. The van der Waals surface area contributed by atoms with Gasteiger partial charge in [-0.3, -0.25) is 9.48 Å². The van der Waals surface area contributed by atoms with Gasteiger partial charge in [0.25, 0.3) is 5.91 Å². The second-order valence-electron chi connectivity index (χ2n) is 6.47. The summed E-state index contributed by atoms with van der Waals surface area (Å²) in [4.78, 5) is 12.4. The molecule has 0 fully saturated rings. The van der Waals surface area contributed by atoms with Crippen LogP contribution in [0, 0.1) is 6.92 Å². The second-order valence-corrected chi connectivity index (χ2v) is 7.64. The Morgan fingerprint density at radius 1 is 1.14 bits per heavy atom. The quantitative estimate of drug-likeness (QED) is 0.456. The lowest BCUT2D eigenvalue weighted by atomic mass is 10.1. The molecular weight excluding hydrogens is 433 g/mol. The van der Waals surface area contributed by atoms with Gasteiger partial charge in [0.15, 0.2) is 0 Å². The van der Waals surface area contributed by atoms with Gasteiger partial charge >= 0.3 is 0 Å². The number of ether oxygens (including phenoxy) is 1. The van der Waals surface area contributed by atoms with Crippen LogP contribution in [0.2, 0.25) is 15.2 Å². The van der Waals surface area contributed by atoms with Crippen molar-refractivity contribution in [1.82, 2.24) is 15.1 Å². The highest BCUT2D eigenvalue weighted by atomic mass is 35.5. The van der Waals surface area contributed by atoms with Gasteiger partial charge in [0.05, 0.1) is 5.69 Å². The summed E-state index contributed by atoms with van der Waals surface area (Å²) in [6.45, 7) is 3.23. The molecule has 5 nitrogen and oxygen atoms in total. The minimum absolute atomic E-state index is 0.140. The molecule has 2 aromatic carbocycles. The molecule has 1 heterocycles. The lowest BCUT2D eigenvalue weighted by Crippen LogP contribution is -2.25. The number of nitrogens with one attached hydrogen (secondary N) is 1. The molecule has 0 aliphatic heterocycles. The molecular formula is C21H20Cl3N3O2. The van der Waals surface area contributed by atoms with Gasteiger partial charge in [-0.05, 0) is 55.3 Å². The molecule has 0 radical (unpaired) electrons. The van der Waals surface area contributed by atoms with E-state index in [1.807, 2.05) is 18.2 Å². The van der Waals surface area contributed by atoms with E-state index >= 15 is 0 Å². The minimum atomic E-state index is -0.140. The van der Waals surface area contributed by atoms with Gasteiger partial charge in [0.2, 0.25) is 0 Å². The Morgan fingerprint density at radius 2 is 1.90 bits per heavy atom. The molecule has 0 aliphatic carbocycles. The van der Waals surface area contributed by atoms with Crippen LogP contribution in [0.25, 0.3) is 0 Å². The molecule has 0 unspecified atom stereocenters. The largest absolute Gasteiger partial charge is 0.489 e. The first-order valence-electron chi connectivity index (χ1n) is 9.08. The van der Waals surface area contributed by atoms with Crippen molar-refractivity contribution in [3.8, 4) is 5.75 Å². The van der Waals surface area contributed by atoms with E-state index < -0.39 is 0 Å². The summed E-state index contributed by atoms with van der Waals surface area (Å²) in [6.07, 6.45) is 0.683. The van der Waals surface area contributed by atoms with Crippen LogP contribution in [-0.2, 0) is 13.2 Å². The van der Waals surface area contributed by atoms with E-state index in [1.54, 1.807) is 41.9 Å². The van der Waals surface area contributed by atoms with E-state index in [4.69, 9.17) is 39.5 Å². The Hall–Kier alpha value is -2.21. The van der Waals surface area contributed by atoms with Crippen LogP contribution in [0.1, 0.15) is 28.0 Å². The molecule has 0 aliphatic rings. The second kappa shape index (κ2) is 10.0. The summed E-state index contributed by atoms with van der Waals surface area (Å²) in [5.41, 5.74) is 2.18. The molecule has 3 aromatic rings. The lowest BCUT2D eigenvalue weighted by Gasteiger charge is -2.09. The summed E-state index contributed by atoms with van der Waals surface area (Å²) < 4.78 is 7.37. The van der Waals surface area contributed by atoms with Crippen molar-refractivity contribution in [2.45, 2.75) is 26.5 Å². The van der Waals surface area contributed by atoms with Gasteiger partial charge < -0.3 is 10.1 Å². The Labute approximate surface area is 184 Å². The zero-order chi connectivity index (χ0) is 20.8. The first-order chi connectivity index (χ1) is 13.9. The molecule has 152 valence electrons. The molecule has 0 saturated heterocycles. The Balaban J connectivity index is 1.48. The number of hydrogen-bond acceptors (Lipinski definition) is 3. The van der Waals surface area contributed by atoms with Crippen LogP contribution in [0.3, 0.4) is 0 Å². The van der Waals surface area contributed by atoms with Crippen LogP contribution in [0.15, 0.2) is 48.5 Å². The highest BCUT2D eigenvalue weighted by Crippen LogP contribution is 2.24. The summed E-state index contributed by atoms with van der Waals surface area (Å²) in [7, 11) is 0. The molecule has 0 bridgehead atoms. The summed E-state index contributed by atoms with van der Waals surface area (Å²) in [5.74, 6) is 0.580. The average molecular weight is 453 g/mol. The predicted molar refractivity (Wildman–Crippen MR) is 116 cm³/mol. The van der Waals surface area contributed by atoms with E-state index in [1.165, 1.54) is 0 Å². The molecule has 0 saturated carbocycles. The van der Waals surface area contributed by atoms with Gasteiger partial charge in [0, 0.05) is 23.7 Å². The van der Waals surface area contributed by atoms with Crippen LogP contribution in [0.5, 0.6) is 5.75 Å². The van der Waals surface area contributed by atoms with Gasteiger partial charge in [-0.15, -0.1) is 0 Å². The molecule has 1 aromatic heterocycles. The maximum atomic E-state index is 12.4. The Morgan fingerprint density at radius 3 is 2.59 bits per heavy atom. The number of nitrogens with zero attached hydrogens (tertiary/aromatic N) is 2. The summed E-state index contributed by atoms with van der Waals surface area (Å²) >= 11 is 18.0. The van der Waals surface area contributed by atoms with Gasteiger partial charge in [0.1, 0.15) is 22.5 Å². The fourth-order valence-corrected chi connectivity index (χ4v) is 3.23. The highest BCUT2D eigenvalue weighted by molar-refractivity contribution is 6.41. The SMILES string of the molecule is Cc1nn(CCCNC(=O)c2cccc(COc3ccc(Cl)cc3)c2)c(Cl)c1Cl. The molecule has 0 spiro atoms. The van der Waals surface area contributed by atoms with Gasteiger partial charge in [-0.1, -0.05) is 46.9 Å². The minimum Gasteiger partial charge on any atom is -0.489 e. The summed E-state index contributed by atoms with van der Waals surface area (Å²) in [5, 5.41) is 8.71. The molecule has 3 rings (SSSR count). The third kappa shape index (κ3) is 5.89. The number of amides is 1. The number of benzene rings is 2. The highest BCUT2D eigenvalue weighted by Gasteiger charge is 2.11. The van der Waals surface area contributed by atoms with Crippen molar-refractivity contribution < 1.29 is 9.53 Å². The third-order valence-electron chi connectivity index (χ3n) is 4.24. The number of rotatable bonds is 8. The zero-order valence-electron chi connectivity index (χ0n) is 15.8. The number of aryl methyl sites for hydroxylation is 2. The number of aromatic nitrogens is 2. The van der Waals surface area contributed by atoms with Crippen molar-refractivity contribution in [3.63, 3.8) is 0 Å². The van der Waals surface area contributed by atoms with Crippen molar-refractivity contribution >= 4 is 40.7 Å². The van der Waals surface area contributed by atoms with E-state index in [0.29, 0.717) is 52.6 Å². The fourth-order valence-electron chi connectivity index (χ4n) is 2.71. The van der Waals surface area contributed by atoms with Crippen molar-refractivity contribution in [3.05, 3.63) is 80.6 Å². The molecule has 1 N–H and O–H groups in total. The maximum absolute atomic E-state index is 12.4. The normalized spacial score (nSPS) is 10.8. The van der Waals surface area contributed by atoms with E-state index in [2.05, 4.69) is 10.4 Å². The van der Waals surface area contributed by atoms with Crippen LogP contribution < -0.4 is 10.1 Å². The van der Waals surface area contributed by atoms with Crippen molar-refractivity contribution in [2.75, 3.05) is 6.54 Å². The van der Waals surface area contributed by atoms with Crippen LogP contribution in [0.4, 0.5) is 0 Å². The van der Waals surface area contributed by atoms with E-state index in [0.717, 1.165) is 11.3 Å². The first kappa shape index (κ1) is 21.5. The van der Waals surface area contributed by atoms with E-state index in [-0.39, 0.29) is 5.91 Å². The molecule has 1 amide bonds. The van der Waals surface area contributed by atoms with Gasteiger partial charge in [-0.25, -0.2) is 0 Å². The smallest absolute Gasteiger partial charge is 0.251 e. The first-order valence-corrected chi connectivity index (χ1v) is 10.2. The molecule has 29 heavy (non-hydrogen) atoms. The van der Waals surface area contributed by atoms with Crippen molar-refractivity contribution in [2.24, 2.45) is 0 Å². The topological polar surface area (TPSA) is 56.2 Å². The average Bonchev–Trinajstić information content (AvgIpc) is 2.97. The number of carbonyl (C=O) groups excluding carboxylic acids is 1. The standard InChI is InChI=1S/C21H20Cl3N3O2/c1-14-19(23)20(24)27(26-14)11-3-10-25-21(28)16-5-2-4-15(12-16)13-29-18-8-6-17(22)7-9-18/h2,4-9,12H,3,10-11,13H2,1H3,(H,25,28). The lowest BCUT2D eigenvalue weighted by molar-refractivity contribution is 0.0952. The third-order valence-corrected chi connectivity index (χ3v) is 5.42. The van der Waals surface area contributed by atoms with Crippen LogP contribution in [-0.4, -0.2) is 22.2 Å². The summed E-state index contributed by atoms with van der Waals surface area (Å²) in [6, 6.07) is 14.5. The predicted octanol–water partition coefficient (Wildman–Crippen LogP) is 5.55. The monoisotopic (exact) mass is 451 g/mol. The maximum Gasteiger partial charge on any atom is 0.251 e. The van der Waals surface area contributed by atoms with Crippen LogP contribution >= 0.6 is 34.8 Å². The number of carbonyl (C=O) groups is 1. The molecule has 0 atom stereocenters. The molecule has 8 heteroatoms. The zero-order valence-corrected chi connectivity index (χ0v) is 18.1. The number of hydrogen-bond donors (Lipinski definition) is 1. The van der Waals surface area contributed by atoms with Crippen molar-refractivity contribution in [1.29, 1.82) is 0 Å². The number of halogens is 3.